The third-order valence-corrected chi connectivity index (χ3v) is 7.15. The summed E-state index contributed by atoms with van der Waals surface area (Å²) in [6.07, 6.45) is 5.24. The van der Waals surface area contributed by atoms with Gasteiger partial charge in [0.25, 0.3) is 9.84 Å². The molecular weight excluding hydrogens is 417 g/mol. The zero-order valence-electron chi connectivity index (χ0n) is 17.6. The van der Waals surface area contributed by atoms with Crippen LogP contribution in [-0.2, 0) is 21.1 Å². The summed E-state index contributed by atoms with van der Waals surface area (Å²) in [5.74, 6) is 0.248. The molecule has 1 atom stereocenters. The second-order valence-electron chi connectivity index (χ2n) is 7.82. The molecule has 9 heteroatoms. The van der Waals surface area contributed by atoms with E-state index in [0.717, 1.165) is 69.6 Å². The van der Waals surface area contributed by atoms with Crippen molar-refractivity contribution >= 4 is 15.7 Å². The van der Waals surface area contributed by atoms with Gasteiger partial charge < -0.3 is 9.80 Å². The number of carbonyl (C=O) groups is 1. The molecule has 0 bridgehead atoms. The van der Waals surface area contributed by atoms with E-state index in [4.69, 9.17) is 0 Å². The molecule has 0 saturated carbocycles. The Morgan fingerprint density at radius 2 is 1.80 bits per heavy atom. The fourth-order valence-electron chi connectivity index (χ4n) is 3.81. The van der Waals surface area contributed by atoms with Crippen LogP contribution in [0.4, 0.5) is 13.2 Å². The summed E-state index contributed by atoms with van der Waals surface area (Å²) >= 11 is 0. The van der Waals surface area contributed by atoms with Crippen LogP contribution in [0, 0.1) is 0 Å². The molecule has 30 heavy (non-hydrogen) atoms. The molecule has 2 rings (SSSR count). The van der Waals surface area contributed by atoms with Crippen LogP contribution in [0.15, 0.2) is 29.2 Å². The summed E-state index contributed by atoms with van der Waals surface area (Å²) in [5, 5.41) is 0. The van der Waals surface area contributed by atoms with Gasteiger partial charge in [0.15, 0.2) is 0 Å². The van der Waals surface area contributed by atoms with Crippen LogP contribution in [0.25, 0.3) is 0 Å². The number of rotatable bonds is 10. The van der Waals surface area contributed by atoms with Crippen LogP contribution in [0.1, 0.15) is 51.5 Å². The Hall–Kier alpha value is -1.61. The fraction of sp³-hybridized carbons (Fsp3) is 0.667. The molecule has 0 N–H and O–H groups in total. The van der Waals surface area contributed by atoms with E-state index in [1.54, 1.807) is 0 Å². The van der Waals surface area contributed by atoms with Gasteiger partial charge in [0, 0.05) is 25.6 Å². The molecule has 5 nitrogen and oxygen atoms in total. The third-order valence-electron chi connectivity index (χ3n) is 5.64. The number of unbranched alkanes of at least 4 members (excludes halogenated alkanes) is 1. The predicted octanol–water partition coefficient (Wildman–Crippen LogP) is 4.03. The summed E-state index contributed by atoms with van der Waals surface area (Å²) in [7, 11) is -5.31. The number of hydrogen-bond acceptors (Lipinski definition) is 4. The number of amides is 1. The molecule has 170 valence electrons. The molecule has 1 heterocycles. The van der Waals surface area contributed by atoms with Gasteiger partial charge in [-0.05, 0) is 69.8 Å². The van der Waals surface area contributed by atoms with Crippen molar-refractivity contribution < 1.29 is 26.4 Å². The molecule has 0 aromatic heterocycles. The van der Waals surface area contributed by atoms with Crippen molar-refractivity contribution in [2.24, 2.45) is 0 Å². The van der Waals surface area contributed by atoms with Crippen LogP contribution in [0.2, 0.25) is 0 Å². The lowest BCUT2D eigenvalue weighted by atomic mass is 10.1. The van der Waals surface area contributed by atoms with Gasteiger partial charge in [0.2, 0.25) is 5.91 Å². The van der Waals surface area contributed by atoms with Gasteiger partial charge in [0.05, 0.1) is 4.90 Å². The van der Waals surface area contributed by atoms with E-state index in [1.165, 1.54) is 12.1 Å². The Labute approximate surface area is 177 Å². The van der Waals surface area contributed by atoms with E-state index in [1.807, 2.05) is 4.90 Å². The standard InChI is InChI=1S/C21H31F3N2O3S/c1-3-25(13-6-7-15-26-14-5-4-8-20(26)27)17(2)16-18-9-11-19(12-10-18)30(28,29)21(22,23)24/h9-12,17H,3-8,13-16H2,1-2H3. The molecule has 1 amide bonds. The number of carbonyl (C=O) groups excluding carboxylic acids is 1. The van der Waals surface area contributed by atoms with Gasteiger partial charge in [0.1, 0.15) is 0 Å². The van der Waals surface area contributed by atoms with Crippen LogP contribution in [0.3, 0.4) is 0 Å². The minimum absolute atomic E-state index is 0.164. The normalized spacial score (nSPS) is 16.9. The van der Waals surface area contributed by atoms with E-state index < -0.39 is 20.2 Å². The number of sulfone groups is 1. The molecule has 0 spiro atoms. The first-order valence-electron chi connectivity index (χ1n) is 10.5. The first-order chi connectivity index (χ1) is 14.1. The molecule has 1 aromatic carbocycles. The Balaban J connectivity index is 1.84. The zero-order chi connectivity index (χ0) is 22.4. The van der Waals surface area contributed by atoms with Crippen molar-refractivity contribution in [3.63, 3.8) is 0 Å². The maximum atomic E-state index is 12.7. The minimum atomic E-state index is -5.31. The van der Waals surface area contributed by atoms with Gasteiger partial charge in [-0.2, -0.15) is 13.2 Å². The summed E-state index contributed by atoms with van der Waals surface area (Å²) < 4.78 is 60.9. The Bertz CT molecular complexity index is 795. The highest BCUT2D eigenvalue weighted by Gasteiger charge is 2.46. The van der Waals surface area contributed by atoms with Crippen molar-refractivity contribution in [2.45, 2.75) is 68.8 Å². The highest BCUT2D eigenvalue weighted by atomic mass is 32.2. The maximum absolute atomic E-state index is 12.7. The number of piperidine rings is 1. The monoisotopic (exact) mass is 448 g/mol. The lowest BCUT2D eigenvalue weighted by molar-refractivity contribution is -0.133. The highest BCUT2D eigenvalue weighted by Crippen LogP contribution is 2.30. The summed E-state index contributed by atoms with van der Waals surface area (Å²) in [6.45, 7) is 7.47. The number of nitrogens with zero attached hydrogens (tertiary/aromatic N) is 2. The quantitative estimate of drug-likeness (QED) is 0.507. The Kier molecular flexibility index (Phi) is 8.73. The van der Waals surface area contributed by atoms with Gasteiger partial charge in [-0.1, -0.05) is 19.1 Å². The van der Waals surface area contributed by atoms with Gasteiger partial charge in [-0.15, -0.1) is 0 Å². The second-order valence-corrected chi connectivity index (χ2v) is 9.76. The zero-order valence-corrected chi connectivity index (χ0v) is 18.4. The number of hydrogen-bond donors (Lipinski definition) is 0. The van der Waals surface area contributed by atoms with Crippen molar-refractivity contribution in [1.29, 1.82) is 0 Å². The number of likely N-dealkylation sites (N-methyl/N-ethyl adjacent to an activating group) is 1. The van der Waals surface area contributed by atoms with E-state index in [2.05, 4.69) is 18.7 Å². The largest absolute Gasteiger partial charge is 0.501 e. The molecule has 0 radical (unpaired) electrons. The molecule has 1 unspecified atom stereocenters. The maximum Gasteiger partial charge on any atom is 0.501 e. The smallest absolute Gasteiger partial charge is 0.343 e. The highest BCUT2D eigenvalue weighted by molar-refractivity contribution is 7.92. The van der Waals surface area contributed by atoms with Crippen molar-refractivity contribution in [1.82, 2.24) is 9.80 Å². The minimum Gasteiger partial charge on any atom is -0.343 e. The topological polar surface area (TPSA) is 57.7 Å². The summed E-state index contributed by atoms with van der Waals surface area (Å²) in [5.41, 5.74) is -4.50. The molecule has 1 saturated heterocycles. The third kappa shape index (κ3) is 6.44. The molecule has 1 fully saturated rings. The van der Waals surface area contributed by atoms with E-state index >= 15 is 0 Å². The molecule has 1 aromatic rings. The van der Waals surface area contributed by atoms with Gasteiger partial charge >= 0.3 is 5.51 Å². The number of benzene rings is 1. The number of halogens is 3. The van der Waals surface area contributed by atoms with E-state index in [9.17, 15) is 26.4 Å². The average molecular weight is 449 g/mol. The van der Waals surface area contributed by atoms with Crippen LogP contribution < -0.4 is 0 Å². The SMILES string of the molecule is CCN(CCCCN1CCCCC1=O)C(C)Cc1ccc(S(=O)(=O)C(F)(F)F)cc1. The van der Waals surface area contributed by atoms with Crippen LogP contribution in [-0.4, -0.2) is 61.9 Å². The lowest BCUT2D eigenvalue weighted by Crippen LogP contribution is -2.37. The van der Waals surface area contributed by atoms with Crippen molar-refractivity contribution in [2.75, 3.05) is 26.2 Å². The Morgan fingerprint density at radius 1 is 1.13 bits per heavy atom. The lowest BCUT2D eigenvalue weighted by Gasteiger charge is -2.29. The first-order valence-corrected chi connectivity index (χ1v) is 12.0. The van der Waals surface area contributed by atoms with Crippen molar-refractivity contribution in [3.05, 3.63) is 29.8 Å². The van der Waals surface area contributed by atoms with Gasteiger partial charge in [-0.25, -0.2) is 8.42 Å². The Morgan fingerprint density at radius 3 is 2.37 bits per heavy atom. The van der Waals surface area contributed by atoms with E-state index in [-0.39, 0.29) is 11.9 Å². The van der Waals surface area contributed by atoms with Crippen LogP contribution in [0.5, 0.6) is 0 Å². The van der Waals surface area contributed by atoms with Crippen LogP contribution >= 0.6 is 0 Å². The second kappa shape index (κ2) is 10.6. The summed E-state index contributed by atoms with van der Waals surface area (Å²) in [4.78, 5) is 15.4. The summed E-state index contributed by atoms with van der Waals surface area (Å²) in [6, 6.07) is 5.11. The molecule has 0 aliphatic carbocycles. The fourth-order valence-corrected chi connectivity index (χ4v) is 4.58. The molecule has 1 aliphatic rings. The molecular formula is C21H31F3N2O3S. The number of likely N-dealkylation sites (tertiary alicyclic amines) is 1. The van der Waals surface area contributed by atoms with Gasteiger partial charge in [-0.3, -0.25) is 4.79 Å². The number of alkyl halides is 3. The average Bonchev–Trinajstić information content (AvgIpc) is 2.68. The van der Waals surface area contributed by atoms with E-state index in [0.29, 0.717) is 12.8 Å². The first kappa shape index (κ1) is 24.7. The molecule has 1 aliphatic heterocycles. The predicted molar refractivity (Wildman–Crippen MR) is 110 cm³/mol. The van der Waals surface area contributed by atoms with Crippen molar-refractivity contribution in [3.8, 4) is 0 Å².